The molecule has 0 aliphatic heterocycles. The summed E-state index contributed by atoms with van der Waals surface area (Å²) >= 11 is 3.34. The van der Waals surface area contributed by atoms with Crippen molar-refractivity contribution >= 4 is 38.7 Å². The van der Waals surface area contributed by atoms with E-state index in [1.807, 2.05) is 6.07 Å². The van der Waals surface area contributed by atoms with Gasteiger partial charge in [-0.2, -0.15) is 9.97 Å². The van der Waals surface area contributed by atoms with Crippen LogP contribution in [0.2, 0.25) is 0 Å². The number of anilines is 2. The van der Waals surface area contributed by atoms with Crippen molar-refractivity contribution in [3.05, 3.63) is 17.8 Å². The molecule has 4 N–H and O–H groups in total. The van der Waals surface area contributed by atoms with E-state index in [1.165, 1.54) is 0 Å². The lowest BCUT2D eigenvalue weighted by Gasteiger charge is -2.02. The topological polar surface area (TPSA) is 90.7 Å². The highest BCUT2D eigenvalue weighted by molar-refractivity contribution is 9.08. The molecule has 0 fully saturated rings. The van der Waals surface area contributed by atoms with Crippen LogP contribution in [0.5, 0.6) is 0 Å². The number of hydrogen-bond donors (Lipinski definition) is 2. The number of nitrogen functional groups attached to an aromatic ring is 2. The van der Waals surface area contributed by atoms with Gasteiger partial charge in [-0.1, -0.05) is 15.9 Å². The van der Waals surface area contributed by atoms with Crippen molar-refractivity contribution in [2.45, 2.75) is 5.33 Å². The minimum Gasteiger partial charge on any atom is -0.383 e. The van der Waals surface area contributed by atoms with Gasteiger partial charge in [0.15, 0.2) is 5.65 Å². The first kappa shape index (κ1) is 9.14. The number of pyridine rings is 1. The van der Waals surface area contributed by atoms with Gasteiger partial charge in [-0.05, 0) is 11.6 Å². The van der Waals surface area contributed by atoms with Gasteiger partial charge < -0.3 is 11.5 Å². The Kier molecular flexibility index (Phi) is 2.20. The van der Waals surface area contributed by atoms with Crippen molar-refractivity contribution in [2.75, 3.05) is 11.5 Å². The van der Waals surface area contributed by atoms with Gasteiger partial charge >= 0.3 is 0 Å². The molecule has 0 saturated carbocycles. The summed E-state index contributed by atoms with van der Waals surface area (Å²) in [4.78, 5) is 12.0. The molecule has 72 valence electrons. The van der Waals surface area contributed by atoms with Crippen LogP contribution in [0.25, 0.3) is 11.0 Å². The number of hydrogen-bond acceptors (Lipinski definition) is 5. The molecule has 6 heteroatoms. The van der Waals surface area contributed by atoms with Gasteiger partial charge in [-0.3, -0.25) is 0 Å². The second kappa shape index (κ2) is 3.38. The first-order valence-electron chi connectivity index (χ1n) is 3.94. The highest BCUT2D eigenvalue weighted by atomic mass is 79.9. The Morgan fingerprint density at radius 3 is 2.79 bits per heavy atom. The molecule has 0 atom stereocenters. The summed E-state index contributed by atoms with van der Waals surface area (Å²) in [7, 11) is 0. The van der Waals surface area contributed by atoms with Crippen molar-refractivity contribution in [2.24, 2.45) is 0 Å². The van der Waals surface area contributed by atoms with E-state index in [9.17, 15) is 0 Å². The van der Waals surface area contributed by atoms with Crippen LogP contribution in [-0.2, 0) is 5.33 Å². The Hall–Kier alpha value is -1.43. The van der Waals surface area contributed by atoms with Gasteiger partial charge in [0.25, 0.3) is 0 Å². The molecule has 0 aliphatic rings. The van der Waals surface area contributed by atoms with Crippen LogP contribution in [0.4, 0.5) is 11.8 Å². The summed E-state index contributed by atoms with van der Waals surface area (Å²) in [5.74, 6) is 0.511. The van der Waals surface area contributed by atoms with E-state index in [2.05, 4.69) is 30.9 Å². The summed E-state index contributed by atoms with van der Waals surface area (Å²) in [6.07, 6.45) is 1.73. The molecule has 0 saturated heterocycles. The largest absolute Gasteiger partial charge is 0.383 e. The molecule has 0 unspecified atom stereocenters. The summed E-state index contributed by atoms with van der Waals surface area (Å²) in [5.41, 5.74) is 12.7. The van der Waals surface area contributed by atoms with Crippen LogP contribution < -0.4 is 11.5 Å². The van der Waals surface area contributed by atoms with E-state index in [-0.39, 0.29) is 5.95 Å². The second-order valence-electron chi connectivity index (χ2n) is 2.82. The van der Waals surface area contributed by atoms with Crippen LogP contribution in [0.1, 0.15) is 5.56 Å². The number of fused-ring (bicyclic) bond motifs is 1. The minimum atomic E-state index is 0.147. The lowest BCUT2D eigenvalue weighted by Crippen LogP contribution is -2.01. The van der Waals surface area contributed by atoms with E-state index >= 15 is 0 Å². The SMILES string of the molecule is Nc1nc(N)c2cc(CBr)cnc2n1. The summed E-state index contributed by atoms with van der Waals surface area (Å²) < 4.78 is 0. The number of rotatable bonds is 1. The molecule has 0 radical (unpaired) electrons. The Bertz CT molecular complexity index is 484. The van der Waals surface area contributed by atoms with Crippen LogP contribution in [0, 0.1) is 0 Å². The molecule has 2 aromatic heterocycles. The summed E-state index contributed by atoms with van der Waals surface area (Å²) in [5, 5.41) is 1.45. The first-order chi connectivity index (χ1) is 6.70. The third-order valence-corrected chi connectivity index (χ3v) is 2.46. The van der Waals surface area contributed by atoms with Crippen molar-refractivity contribution in [3.8, 4) is 0 Å². The highest BCUT2D eigenvalue weighted by Gasteiger charge is 2.04. The molecule has 0 amide bonds. The third-order valence-electron chi connectivity index (χ3n) is 1.81. The zero-order valence-corrected chi connectivity index (χ0v) is 8.82. The van der Waals surface area contributed by atoms with E-state index in [0.717, 1.165) is 16.3 Å². The smallest absolute Gasteiger partial charge is 0.224 e. The predicted octanol–water partition coefficient (Wildman–Crippen LogP) is 1.08. The van der Waals surface area contributed by atoms with E-state index in [1.54, 1.807) is 6.20 Å². The molecule has 0 spiro atoms. The molecule has 2 heterocycles. The lowest BCUT2D eigenvalue weighted by molar-refractivity contribution is 1.19. The molecule has 14 heavy (non-hydrogen) atoms. The van der Waals surface area contributed by atoms with Gasteiger partial charge in [0, 0.05) is 11.5 Å². The normalized spacial score (nSPS) is 10.6. The van der Waals surface area contributed by atoms with Crippen molar-refractivity contribution < 1.29 is 0 Å². The maximum Gasteiger partial charge on any atom is 0.224 e. The highest BCUT2D eigenvalue weighted by Crippen LogP contribution is 2.18. The number of nitrogens with two attached hydrogens (primary N) is 2. The number of halogens is 1. The average Bonchev–Trinajstić information content (AvgIpc) is 2.17. The van der Waals surface area contributed by atoms with Crippen LogP contribution in [-0.4, -0.2) is 15.0 Å². The zero-order chi connectivity index (χ0) is 10.1. The predicted molar refractivity (Wildman–Crippen MR) is 58.8 cm³/mol. The fraction of sp³-hybridized carbons (Fsp3) is 0.125. The molecule has 0 aliphatic carbocycles. The monoisotopic (exact) mass is 253 g/mol. The fourth-order valence-corrected chi connectivity index (χ4v) is 1.48. The van der Waals surface area contributed by atoms with E-state index in [0.29, 0.717) is 11.5 Å². The third kappa shape index (κ3) is 1.48. The molecule has 0 bridgehead atoms. The van der Waals surface area contributed by atoms with Gasteiger partial charge in [-0.25, -0.2) is 4.98 Å². The van der Waals surface area contributed by atoms with Crippen molar-refractivity contribution in [3.63, 3.8) is 0 Å². The van der Waals surface area contributed by atoms with Crippen molar-refractivity contribution in [1.82, 2.24) is 15.0 Å². The number of alkyl halides is 1. The molecule has 0 aromatic carbocycles. The molecule has 2 rings (SSSR count). The number of nitrogens with zero attached hydrogens (tertiary/aromatic N) is 3. The standard InChI is InChI=1S/C8H8BrN5/c9-2-4-1-5-6(10)13-8(11)14-7(5)12-3-4/h1,3H,2H2,(H4,10,11,12,13,14). The summed E-state index contributed by atoms with van der Waals surface area (Å²) in [6, 6.07) is 1.89. The molecule has 5 nitrogen and oxygen atoms in total. The molecular weight excluding hydrogens is 246 g/mol. The van der Waals surface area contributed by atoms with E-state index in [4.69, 9.17) is 11.5 Å². The second-order valence-corrected chi connectivity index (χ2v) is 3.38. The quantitative estimate of drug-likeness (QED) is 0.743. The molecule has 2 aromatic rings. The van der Waals surface area contributed by atoms with Crippen LogP contribution in [0.3, 0.4) is 0 Å². The van der Waals surface area contributed by atoms with Gasteiger partial charge in [0.1, 0.15) is 5.82 Å². The number of aromatic nitrogens is 3. The maximum absolute atomic E-state index is 5.69. The minimum absolute atomic E-state index is 0.147. The lowest BCUT2D eigenvalue weighted by atomic mass is 10.2. The molecular formula is C8H8BrN5. The van der Waals surface area contributed by atoms with Crippen molar-refractivity contribution in [1.29, 1.82) is 0 Å². The van der Waals surface area contributed by atoms with Crippen LogP contribution >= 0.6 is 15.9 Å². The average molecular weight is 254 g/mol. The Balaban J connectivity index is 2.75. The van der Waals surface area contributed by atoms with Gasteiger partial charge in [0.2, 0.25) is 5.95 Å². The zero-order valence-electron chi connectivity index (χ0n) is 7.24. The van der Waals surface area contributed by atoms with Crippen LogP contribution in [0.15, 0.2) is 12.3 Å². The Morgan fingerprint density at radius 1 is 1.29 bits per heavy atom. The van der Waals surface area contributed by atoms with Gasteiger partial charge in [-0.15, -0.1) is 0 Å². The Labute approximate surface area is 88.7 Å². The van der Waals surface area contributed by atoms with E-state index < -0.39 is 0 Å². The first-order valence-corrected chi connectivity index (χ1v) is 5.06. The Morgan fingerprint density at radius 2 is 2.07 bits per heavy atom. The van der Waals surface area contributed by atoms with Gasteiger partial charge in [0.05, 0.1) is 5.39 Å². The summed E-state index contributed by atoms with van der Waals surface area (Å²) in [6.45, 7) is 0. The fourth-order valence-electron chi connectivity index (χ4n) is 1.17. The maximum atomic E-state index is 5.69.